The Morgan fingerprint density at radius 1 is 1.00 bits per heavy atom. The van der Waals surface area contributed by atoms with Crippen molar-refractivity contribution in [1.29, 1.82) is 0 Å². The van der Waals surface area contributed by atoms with Gasteiger partial charge >= 0.3 is 0 Å². The lowest BCUT2D eigenvalue weighted by atomic mass is 9.96. The molecule has 29 heavy (non-hydrogen) atoms. The second-order valence-electron chi connectivity index (χ2n) is 8.38. The smallest absolute Gasteiger partial charge is 0.241 e. The van der Waals surface area contributed by atoms with Crippen LogP contribution in [0.1, 0.15) is 51.3 Å². The number of hydrogen-bond donors (Lipinski definition) is 0. The van der Waals surface area contributed by atoms with Crippen LogP contribution in [0.2, 0.25) is 0 Å². The maximum atomic E-state index is 5.70. The van der Waals surface area contributed by atoms with Crippen LogP contribution in [0.3, 0.4) is 0 Å². The van der Waals surface area contributed by atoms with Crippen molar-refractivity contribution in [3.63, 3.8) is 0 Å². The normalized spacial score (nSPS) is 19.9. The van der Waals surface area contributed by atoms with Crippen molar-refractivity contribution >= 4 is 0 Å². The highest BCUT2D eigenvalue weighted by Crippen LogP contribution is 2.28. The molecule has 0 spiro atoms. The lowest BCUT2D eigenvalue weighted by molar-refractivity contribution is 0.130. The average Bonchev–Trinajstić information content (AvgIpc) is 3.05. The number of piperidine rings is 1. The summed E-state index contributed by atoms with van der Waals surface area (Å²) in [5.74, 6) is 2.94. The first-order chi connectivity index (χ1) is 14.3. The Bertz CT molecular complexity index is 747. The minimum atomic E-state index is 0.611. The van der Waals surface area contributed by atoms with Crippen molar-refractivity contribution in [2.75, 3.05) is 39.3 Å². The number of benzene rings is 1. The zero-order valence-corrected chi connectivity index (χ0v) is 17.7. The molecule has 0 N–H and O–H groups in total. The van der Waals surface area contributed by atoms with E-state index in [2.05, 4.69) is 19.9 Å². The molecule has 1 aromatic heterocycles. The zero-order chi connectivity index (χ0) is 19.9. The molecule has 0 saturated carbocycles. The molecule has 6 heteroatoms. The van der Waals surface area contributed by atoms with Crippen molar-refractivity contribution in [2.45, 2.75) is 52.0 Å². The third-order valence-electron chi connectivity index (χ3n) is 6.18. The van der Waals surface area contributed by atoms with E-state index in [1.54, 1.807) is 0 Å². The van der Waals surface area contributed by atoms with E-state index in [-0.39, 0.29) is 0 Å². The van der Waals surface area contributed by atoms with Crippen molar-refractivity contribution < 1.29 is 9.26 Å². The van der Waals surface area contributed by atoms with Gasteiger partial charge in [0.25, 0.3) is 0 Å². The molecule has 2 aliphatic rings. The van der Waals surface area contributed by atoms with E-state index in [1.165, 1.54) is 58.2 Å². The Hall–Kier alpha value is -1.92. The summed E-state index contributed by atoms with van der Waals surface area (Å²) in [6.45, 7) is 9.45. The summed E-state index contributed by atoms with van der Waals surface area (Å²) in [5, 5.41) is 4.20. The molecule has 0 atom stereocenters. The number of ether oxygens (including phenoxy) is 1. The van der Waals surface area contributed by atoms with Gasteiger partial charge in [-0.3, -0.25) is 4.90 Å². The number of hydrogen-bond acceptors (Lipinski definition) is 6. The zero-order valence-electron chi connectivity index (χ0n) is 17.7. The fraction of sp³-hybridized carbons (Fsp3) is 0.652. The van der Waals surface area contributed by atoms with Crippen LogP contribution in [0, 0.1) is 5.92 Å². The van der Waals surface area contributed by atoms with Crippen LogP contribution >= 0.6 is 0 Å². The van der Waals surface area contributed by atoms with E-state index in [1.807, 2.05) is 31.2 Å². The average molecular weight is 399 g/mol. The quantitative estimate of drug-likeness (QED) is 0.696. The van der Waals surface area contributed by atoms with E-state index in [4.69, 9.17) is 9.26 Å². The van der Waals surface area contributed by atoms with Gasteiger partial charge in [0.15, 0.2) is 0 Å². The summed E-state index contributed by atoms with van der Waals surface area (Å²) in [7, 11) is 0. The van der Waals surface area contributed by atoms with Gasteiger partial charge in [-0.05, 0) is 76.8 Å². The maximum Gasteiger partial charge on any atom is 0.241 e. The number of nitrogens with zero attached hydrogens (tertiary/aromatic N) is 4. The van der Waals surface area contributed by atoms with Gasteiger partial charge in [-0.15, -0.1) is 0 Å². The lowest BCUT2D eigenvalue weighted by Crippen LogP contribution is -2.38. The molecule has 0 amide bonds. The summed E-state index contributed by atoms with van der Waals surface area (Å²) in [6, 6.07) is 7.87. The molecule has 0 unspecified atom stereocenters. The molecule has 2 aliphatic heterocycles. The van der Waals surface area contributed by atoms with Gasteiger partial charge in [0.1, 0.15) is 5.75 Å². The van der Waals surface area contributed by atoms with Crippen LogP contribution in [0.15, 0.2) is 28.8 Å². The minimum absolute atomic E-state index is 0.611. The molecule has 158 valence electrons. The first-order valence-electron chi connectivity index (χ1n) is 11.3. The van der Waals surface area contributed by atoms with Crippen LogP contribution in [0.4, 0.5) is 0 Å². The first kappa shape index (κ1) is 20.4. The van der Waals surface area contributed by atoms with E-state index in [0.29, 0.717) is 18.3 Å². The summed E-state index contributed by atoms with van der Waals surface area (Å²) in [6.07, 6.45) is 8.12. The van der Waals surface area contributed by atoms with Gasteiger partial charge in [-0.2, -0.15) is 4.98 Å². The van der Waals surface area contributed by atoms with Crippen LogP contribution in [0.25, 0.3) is 11.4 Å². The number of aromatic nitrogens is 2. The maximum absolute atomic E-state index is 5.70. The molecule has 0 aliphatic carbocycles. The summed E-state index contributed by atoms with van der Waals surface area (Å²) in [4.78, 5) is 9.78. The SMILES string of the molecule is CCOc1ccccc1-c1noc(CN2CCC(CN3CCCCCC3)CC2)n1. The van der Waals surface area contributed by atoms with Gasteiger partial charge in [0, 0.05) is 6.54 Å². The molecule has 1 aromatic carbocycles. The molecular weight excluding hydrogens is 364 g/mol. The van der Waals surface area contributed by atoms with Gasteiger partial charge in [0.2, 0.25) is 11.7 Å². The lowest BCUT2D eigenvalue weighted by Gasteiger charge is -2.34. The molecule has 3 heterocycles. The second kappa shape index (κ2) is 10.2. The summed E-state index contributed by atoms with van der Waals surface area (Å²) >= 11 is 0. The van der Waals surface area contributed by atoms with Gasteiger partial charge < -0.3 is 14.2 Å². The van der Waals surface area contributed by atoms with Crippen molar-refractivity contribution in [3.8, 4) is 17.1 Å². The van der Waals surface area contributed by atoms with E-state index < -0.39 is 0 Å². The second-order valence-corrected chi connectivity index (χ2v) is 8.38. The van der Waals surface area contributed by atoms with Crippen molar-refractivity contribution in [2.24, 2.45) is 5.92 Å². The Labute approximate surface area is 174 Å². The number of likely N-dealkylation sites (tertiary alicyclic amines) is 2. The highest BCUT2D eigenvalue weighted by molar-refractivity contribution is 5.63. The molecule has 6 nitrogen and oxygen atoms in total. The predicted octanol–water partition coefficient (Wildman–Crippen LogP) is 4.22. The highest BCUT2D eigenvalue weighted by Gasteiger charge is 2.23. The number of rotatable bonds is 7. The van der Waals surface area contributed by atoms with Crippen molar-refractivity contribution in [1.82, 2.24) is 19.9 Å². The van der Waals surface area contributed by atoms with Gasteiger partial charge in [-0.25, -0.2) is 0 Å². The van der Waals surface area contributed by atoms with Gasteiger partial charge in [-0.1, -0.05) is 30.1 Å². The Kier molecular flexibility index (Phi) is 7.17. The Balaban J connectivity index is 1.28. The largest absolute Gasteiger partial charge is 0.493 e. The molecule has 2 aromatic rings. The topological polar surface area (TPSA) is 54.6 Å². The third-order valence-corrected chi connectivity index (χ3v) is 6.18. The Morgan fingerprint density at radius 2 is 1.76 bits per heavy atom. The first-order valence-corrected chi connectivity index (χ1v) is 11.3. The Morgan fingerprint density at radius 3 is 2.52 bits per heavy atom. The molecule has 2 saturated heterocycles. The molecule has 0 bridgehead atoms. The van der Waals surface area contributed by atoms with E-state index in [9.17, 15) is 0 Å². The van der Waals surface area contributed by atoms with Crippen molar-refractivity contribution in [3.05, 3.63) is 30.2 Å². The molecule has 4 rings (SSSR count). The van der Waals surface area contributed by atoms with E-state index >= 15 is 0 Å². The van der Waals surface area contributed by atoms with Gasteiger partial charge in [0.05, 0.1) is 18.7 Å². The predicted molar refractivity (Wildman–Crippen MR) is 114 cm³/mol. The van der Waals surface area contributed by atoms with E-state index in [0.717, 1.165) is 36.9 Å². The monoisotopic (exact) mass is 398 g/mol. The molecule has 0 radical (unpaired) electrons. The third kappa shape index (κ3) is 5.58. The fourth-order valence-corrected chi connectivity index (χ4v) is 4.56. The standard InChI is InChI=1S/C23H34N4O2/c1-2-28-21-10-6-5-9-20(21)23-24-22(29-25-23)18-27-15-11-19(12-16-27)17-26-13-7-3-4-8-14-26/h5-6,9-10,19H,2-4,7-8,11-18H2,1H3. The fourth-order valence-electron chi connectivity index (χ4n) is 4.56. The van der Waals surface area contributed by atoms with Crippen LogP contribution in [-0.4, -0.2) is 59.3 Å². The number of para-hydroxylation sites is 1. The molecular formula is C23H34N4O2. The van der Waals surface area contributed by atoms with Crippen LogP contribution in [-0.2, 0) is 6.54 Å². The van der Waals surface area contributed by atoms with Crippen LogP contribution in [0.5, 0.6) is 5.75 Å². The van der Waals surface area contributed by atoms with Crippen LogP contribution < -0.4 is 4.74 Å². The highest BCUT2D eigenvalue weighted by atomic mass is 16.5. The molecule has 2 fully saturated rings. The minimum Gasteiger partial charge on any atom is -0.493 e. The summed E-state index contributed by atoms with van der Waals surface area (Å²) in [5.41, 5.74) is 0.889. The summed E-state index contributed by atoms with van der Waals surface area (Å²) < 4.78 is 11.2.